The number of esters is 1. The van der Waals surface area contributed by atoms with Gasteiger partial charge < -0.3 is 4.74 Å². The van der Waals surface area contributed by atoms with Gasteiger partial charge in [-0.05, 0) is 18.2 Å². The van der Waals surface area contributed by atoms with E-state index in [1.807, 2.05) is 0 Å². The van der Waals surface area contributed by atoms with Gasteiger partial charge in [0, 0.05) is 6.42 Å². The van der Waals surface area contributed by atoms with E-state index >= 15 is 0 Å². The smallest absolute Gasteiger partial charge is 0.416 e. The zero-order valence-corrected chi connectivity index (χ0v) is 11.3. The first-order valence-corrected chi connectivity index (χ1v) is 7.53. The molecule has 9 heteroatoms. The third-order valence-corrected chi connectivity index (χ3v) is 5.41. The Hall–Kier alpha value is -1.61. The molecule has 1 aromatic rings. The first-order valence-electron chi connectivity index (χ1n) is 6.09. The summed E-state index contributed by atoms with van der Waals surface area (Å²) in [6.07, 6.45) is -4.89. The lowest BCUT2D eigenvalue weighted by atomic mass is 10.2. The monoisotopic (exact) mass is 321 g/mol. The number of carbonyl (C=O) groups is 1. The molecule has 1 aromatic carbocycles. The van der Waals surface area contributed by atoms with Crippen molar-refractivity contribution in [1.29, 1.82) is 0 Å². The molecule has 0 aromatic heterocycles. The summed E-state index contributed by atoms with van der Waals surface area (Å²) in [6.45, 7) is -0.0189. The van der Waals surface area contributed by atoms with Gasteiger partial charge in [-0.25, -0.2) is 8.42 Å². The van der Waals surface area contributed by atoms with Crippen LogP contribution in [0, 0.1) is 0 Å². The maximum atomic E-state index is 12.7. The largest absolute Gasteiger partial charge is 0.460 e. The number of fused-ring (bicyclic) bond motifs is 2. The van der Waals surface area contributed by atoms with Gasteiger partial charge in [-0.15, -0.1) is 0 Å². The van der Waals surface area contributed by atoms with Crippen LogP contribution in [0.4, 0.5) is 13.2 Å². The highest BCUT2D eigenvalue weighted by Gasteiger charge is 2.51. The minimum Gasteiger partial charge on any atom is -0.460 e. The quantitative estimate of drug-likeness (QED) is 0.772. The van der Waals surface area contributed by atoms with Crippen molar-refractivity contribution < 1.29 is 31.1 Å². The number of morpholine rings is 1. The fraction of sp³-hybridized carbons (Fsp3) is 0.417. The molecule has 0 saturated carbocycles. The standard InChI is InChI=1S/C12H10F3NO4S/c13-12(14,15)7-2-1-3-9(4-7)21(18,19)16-6-8-5-10(16)11(17)20-8/h1-4,8,10H,5-6H2/t8-,10-/m1/s1. The molecule has 0 N–H and O–H groups in total. The summed E-state index contributed by atoms with van der Waals surface area (Å²) in [5, 5.41) is 0. The number of ether oxygens (including phenoxy) is 1. The minimum absolute atomic E-state index is 0.0189. The number of alkyl halides is 3. The Bertz CT molecular complexity index is 701. The van der Waals surface area contributed by atoms with Crippen molar-refractivity contribution in [3.63, 3.8) is 0 Å². The predicted molar refractivity (Wildman–Crippen MR) is 63.6 cm³/mol. The lowest BCUT2D eigenvalue weighted by Gasteiger charge is -2.25. The van der Waals surface area contributed by atoms with Crippen LogP contribution in [-0.4, -0.2) is 37.4 Å². The van der Waals surface area contributed by atoms with E-state index in [0.717, 1.165) is 22.5 Å². The Kier molecular flexibility index (Phi) is 3.03. The average molecular weight is 321 g/mol. The van der Waals surface area contributed by atoms with E-state index in [-0.39, 0.29) is 13.0 Å². The van der Waals surface area contributed by atoms with Crippen molar-refractivity contribution >= 4 is 16.0 Å². The van der Waals surface area contributed by atoms with Gasteiger partial charge in [0.15, 0.2) is 0 Å². The Morgan fingerprint density at radius 3 is 2.57 bits per heavy atom. The number of carbonyl (C=O) groups excluding carboxylic acids is 1. The van der Waals surface area contributed by atoms with Crippen molar-refractivity contribution in [1.82, 2.24) is 4.31 Å². The van der Waals surface area contributed by atoms with Gasteiger partial charge in [-0.2, -0.15) is 17.5 Å². The summed E-state index contributed by atoms with van der Waals surface area (Å²) in [7, 11) is -4.15. The topological polar surface area (TPSA) is 63.7 Å². The molecule has 114 valence electrons. The molecule has 2 heterocycles. The minimum atomic E-state index is -4.63. The summed E-state index contributed by atoms with van der Waals surface area (Å²) in [6, 6.07) is 2.55. The number of hydrogen-bond acceptors (Lipinski definition) is 4. The molecule has 0 radical (unpaired) electrons. The van der Waals surface area contributed by atoms with Crippen LogP contribution in [0.25, 0.3) is 0 Å². The molecule has 2 aliphatic heterocycles. The van der Waals surface area contributed by atoms with Gasteiger partial charge in [0.25, 0.3) is 0 Å². The van der Waals surface area contributed by atoms with E-state index in [1.165, 1.54) is 0 Å². The zero-order chi connectivity index (χ0) is 15.4. The molecular weight excluding hydrogens is 311 g/mol. The summed E-state index contributed by atoms with van der Waals surface area (Å²) >= 11 is 0. The van der Waals surface area contributed by atoms with E-state index in [1.54, 1.807) is 0 Å². The fourth-order valence-corrected chi connectivity index (χ4v) is 4.21. The summed E-state index contributed by atoms with van der Waals surface area (Å²) in [5.41, 5.74) is -1.05. The van der Waals surface area contributed by atoms with Crippen molar-refractivity contribution in [2.45, 2.75) is 29.6 Å². The maximum Gasteiger partial charge on any atom is 0.416 e. The van der Waals surface area contributed by atoms with Crippen LogP contribution in [0.3, 0.4) is 0 Å². The van der Waals surface area contributed by atoms with Crippen molar-refractivity contribution in [3.05, 3.63) is 29.8 Å². The second kappa shape index (κ2) is 4.44. The normalized spacial score (nSPS) is 26.1. The van der Waals surface area contributed by atoms with E-state index in [0.29, 0.717) is 6.07 Å². The van der Waals surface area contributed by atoms with Crippen molar-refractivity contribution in [2.24, 2.45) is 0 Å². The van der Waals surface area contributed by atoms with Gasteiger partial charge in [0.05, 0.1) is 17.0 Å². The van der Waals surface area contributed by atoms with E-state index in [9.17, 15) is 26.4 Å². The first kappa shape index (κ1) is 14.3. The highest BCUT2D eigenvalue weighted by molar-refractivity contribution is 7.89. The van der Waals surface area contributed by atoms with Gasteiger partial charge in [-0.1, -0.05) is 6.07 Å². The Labute approximate surface area is 118 Å². The molecule has 5 nitrogen and oxygen atoms in total. The Morgan fingerprint density at radius 1 is 1.29 bits per heavy atom. The molecule has 0 amide bonds. The van der Waals surface area contributed by atoms with Crippen molar-refractivity contribution in [3.8, 4) is 0 Å². The average Bonchev–Trinajstić information content (AvgIpc) is 2.97. The molecule has 2 bridgehead atoms. The zero-order valence-electron chi connectivity index (χ0n) is 10.5. The van der Waals surface area contributed by atoms with Crippen LogP contribution in [-0.2, 0) is 25.7 Å². The molecule has 2 atom stereocenters. The van der Waals surface area contributed by atoms with E-state index in [4.69, 9.17) is 4.74 Å². The van der Waals surface area contributed by atoms with Gasteiger partial charge >= 0.3 is 12.1 Å². The van der Waals surface area contributed by atoms with Crippen LogP contribution >= 0.6 is 0 Å². The lowest BCUT2D eigenvalue weighted by molar-refractivity contribution is -0.148. The second-order valence-electron chi connectivity index (χ2n) is 4.91. The Balaban J connectivity index is 1.98. The van der Waals surface area contributed by atoms with Crippen LogP contribution < -0.4 is 0 Å². The molecule has 2 saturated heterocycles. The molecular formula is C12H10F3NO4S. The van der Waals surface area contributed by atoms with Crippen LogP contribution in [0.1, 0.15) is 12.0 Å². The van der Waals surface area contributed by atoms with Crippen molar-refractivity contribution in [2.75, 3.05) is 6.54 Å². The number of benzene rings is 1. The summed E-state index contributed by atoms with van der Waals surface area (Å²) in [5.74, 6) is -0.651. The predicted octanol–water partition coefficient (Wildman–Crippen LogP) is 1.39. The lowest BCUT2D eigenvalue weighted by Crippen LogP contribution is -2.44. The van der Waals surface area contributed by atoms with Gasteiger partial charge in [-0.3, -0.25) is 4.79 Å². The van der Waals surface area contributed by atoms with Crippen LogP contribution in [0.15, 0.2) is 29.2 Å². The molecule has 2 aliphatic rings. The number of rotatable bonds is 2. The highest BCUT2D eigenvalue weighted by atomic mass is 32.2. The number of halogens is 3. The summed E-state index contributed by atoms with van der Waals surface area (Å²) < 4.78 is 68.6. The maximum absolute atomic E-state index is 12.7. The Morgan fingerprint density at radius 2 is 2.00 bits per heavy atom. The second-order valence-corrected chi connectivity index (χ2v) is 6.80. The SMILES string of the molecule is O=C1O[C@@H]2C[C@H]1N(S(=O)(=O)c1cccc(C(F)(F)F)c1)C2. The molecule has 3 rings (SSSR count). The number of sulfonamides is 1. The van der Waals surface area contributed by atoms with Crippen LogP contribution in [0.2, 0.25) is 0 Å². The molecule has 0 unspecified atom stereocenters. The number of nitrogens with zero attached hydrogens (tertiary/aromatic N) is 1. The molecule has 0 spiro atoms. The fourth-order valence-electron chi connectivity index (χ4n) is 2.54. The number of hydrogen-bond donors (Lipinski definition) is 0. The van der Waals surface area contributed by atoms with E-state index < -0.39 is 44.8 Å². The molecule has 0 aliphatic carbocycles. The first-order chi connectivity index (χ1) is 9.69. The highest BCUT2D eigenvalue weighted by Crippen LogP contribution is 2.35. The molecule has 21 heavy (non-hydrogen) atoms. The van der Waals surface area contributed by atoms with Gasteiger partial charge in [0.1, 0.15) is 12.1 Å². The third-order valence-electron chi connectivity index (χ3n) is 3.54. The van der Waals surface area contributed by atoms with Gasteiger partial charge in [0.2, 0.25) is 10.0 Å². The van der Waals surface area contributed by atoms with Crippen LogP contribution in [0.5, 0.6) is 0 Å². The summed E-state index contributed by atoms with van der Waals surface area (Å²) in [4.78, 5) is 11.0. The third kappa shape index (κ3) is 2.30. The molecule has 2 fully saturated rings. The van der Waals surface area contributed by atoms with E-state index in [2.05, 4.69) is 0 Å².